The third kappa shape index (κ3) is 5.12. The van der Waals surface area contributed by atoms with E-state index in [0.29, 0.717) is 23.6 Å². The molecule has 0 saturated heterocycles. The quantitative estimate of drug-likeness (QED) is 0.634. The summed E-state index contributed by atoms with van der Waals surface area (Å²) in [6.07, 6.45) is 1.73. The van der Waals surface area contributed by atoms with Gasteiger partial charge in [0.05, 0.1) is 7.11 Å². The Balaban J connectivity index is 1.65. The minimum absolute atomic E-state index is 0.0253. The predicted octanol–water partition coefficient (Wildman–Crippen LogP) is 3.60. The molecule has 3 aromatic rings. The summed E-state index contributed by atoms with van der Waals surface area (Å²) in [5.41, 5.74) is 3.68. The molecule has 7 heteroatoms. The molecule has 31 heavy (non-hydrogen) atoms. The minimum Gasteiger partial charge on any atom is -0.494 e. The SMILES string of the molecule is COc1ccc(C)cc1-n1ccc(C(=O)NCc2ccc(C(=O)N(C)C(C)C)cc2)n1. The molecule has 1 aromatic heterocycles. The molecule has 1 N–H and O–H groups in total. The molecule has 0 aliphatic heterocycles. The molecule has 0 aliphatic carbocycles. The summed E-state index contributed by atoms with van der Waals surface area (Å²) in [5, 5.41) is 7.26. The highest BCUT2D eigenvalue weighted by Gasteiger charge is 2.15. The van der Waals surface area contributed by atoms with Gasteiger partial charge in [-0.15, -0.1) is 0 Å². The summed E-state index contributed by atoms with van der Waals surface area (Å²) in [5.74, 6) is 0.381. The maximum atomic E-state index is 12.5. The maximum absolute atomic E-state index is 12.5. The van der Waals surface area contributed by atoms with E-state index in [9.17, 15) is 9.59 Å². The van der Waals surface area contributed by atoms with Crippen LogP contribution >= 0.6 is 0 Å². The molecule has 7 nitrogen and oxygen atoms in total. The number of aromatic nitrogens is 2. The van der Waals surface area contributed by atoms with Gasteiger partial charge in [-0.1, -0.05) is 18.2 Å². The van der Waals surface area contributed by atoms with Crippen molar-refractivity contribution >= 4 is 11.8 Å². The monoisotopic (exact) mass is 420 g/mol. The lowest BCUT2D eigenvalue weighted by atomic mass is 10.1. The Labute approximate surface area is 182 Å². The molecule has 1 heterocycles. The zero-order chi connectivity index (χ0) is 22.5. The lowest BCUT2D eigenvalue weighted by molar-refractivity contribution is 0.0754. The Morgan fingerprint density at radius 3 is 2.48 bits per heavy atom. The van der Waals surface area contributed by atoms with Crippen molar-refractivity contribution in [2.45, 2.75) is 33.4 Å². The summed E-state index contributed by atoms with van der Waals surface area (Å²) < 4.78 is 7.03. The third-order valence-corrected chi connectivity index (χ3v) is 5.15. The van der Waals surface area contributed by atoms with Crippen molar-refractivity contribution in [3.8, 4) is 11.4 Å². The molecule has 0 fully saturated rings. The second kappa shape index (κ2) is 9.47. The van der Waals surface area contributed by atoms with Crippen LogP contribution in [0.1, 0.15) is 45.8 Å². The van der Waals surface area contributed by atoms with E-state index in [1.165, 1.54) is 0 Å². The van der Waals surface area contributed by atoms with Gasteiger partial charge in [0.25, 0.3) is 11.8 Å². The van der Waals surface area contributed by atoms with E-state index in [2.05, 4.69) is 10.4 Å². The van der Waals surface area contributed by atoms with Gasteiger partial charge >= 0.3 is 0 Å². The number of benzene rings is 2. The van der Waals surface area contributed by atoms with Crippen molar-refractivity contribution < 1.29 is 14.3 Å². The van der Waals surface area contributed by atoms with Gasteiger partial charge in [0.1, 0.15) is 11.4 Å². The first kappa shape index (κ1) is 22.1. The van der Waals surface area contributed by atoms with Crippen LogP contribution < -0.4 is 10.1 Å². The molecule has 162 valence electrons. The Morgan fingerprint density at radius 1 is 1.13 bits per heavy atom. The maximum Gasteiger partial charge on any atom is 0.272 e. The average Bonchev–Trinajstić information content (AvgIpc) is 3.27. The number of carbonyl (C=O) groups is 2. The normalized spacial score (nSPS) is 10.8. The van der Waals surface area contributed by atoms with E-state index in [0.717, 1.165) is 16.8 Å². The van der Waals surface area contributed by atoms with Crippen molar-refractivity contribution in [3.63, 3.8) is 0 Å². The van der Waals surface area contributed by atoms with Crippen molar-refractivity contribution in [1.82, 2.24) is 20.0 Å². The van der Waals surface area contributed by atoms with Gasteiger partial charge in [0.2, 0.25) is 0 Å². The van der Waals surface area contributed by atoms with Crippen LogP contribution in [0, 0.1) is 6.92 Å². The number of ether oxygens (including phenoxy) is 1. The highest BCUT2D eigenvalue weighted by atomic mass is 16.5. The molecular weight excluding hydrogens is 392 g/mol. The van der Waals surface area contributed by atoms with E-state index in [-0.39, 0.29) is 17.9 Å². The fourth-order valence-corrected chi connectivity index (χ4v) is 3.03. The Kier molecular flexibility index (Phi) is 6.74. The molecule has 2 aromatic carbocycles. The van der Waals surface area contributed by atoms with Crippen molar-refractivity contribution in [3.05, 3.63) is 77.1 Å². The Morgan fingerprint density at radius 2 is 1.84 bits per heavy atom. The van der Waals surface area contributed by atoms with Crippen molar-refractivity contribution in [2.75, 3.05) is 14.2 Å². The number of aryl methyl sites for hydroxylation is 1. The summed E-state index contributed by atoms with van der Waals surface area (Å²) >= 11 is 0. The van der Waals surface area contributed by atoms with Gasteiger partial charge in [-0.2, -0.15) is 5.10 Å². The molecule has 0 atom stereocenters. The van der Waals surface area contributed by atoms with E-state index in [1.807, 2.05) is 51.1 Å². The van der Waals surface area contributed by atoms with E-state index < -0.39 is 0 Å². The number of amides is 2. The number of methoxy groups -OCH3 is 1. The van der Waals surface area contributed by atoms with Crippen molar-refractivity contribution in [2.24, 2.45) is 0 Å². The standard InChI is InChI=1S/C24H28N4O3/c1-16(2)27(4)24(30)19-9-7-18(8-10-19)15-25-23(29)20-12-13-28(26-20)21-14-17(3)6-11-22(21)31-5/h6-14,16H,15H2,1-5H3,(H,25,29). The molecular formula is C24H28N4O3. The largest absolute Gasteiger partial charge is 0.494 e. The highest BCUT2D eigenvalue weighted by Crippen LogP contribution is 2.23. The molecule has 0 bridgehead atoms. The second-order valence-electron chi connectivity index (χ2n) is 7.71. The summed E-state index contributed by atoms with van der Waals surface area (Å²) in [6, 6.07) is 14.8. The fourth-order valence-electron chi connectivity index (χ4n) is 3.03. The third-order valence-electron chi connectivity index (χ3n) is 5.15. The van der Waals surface area contributed by atoms with Crippen LogP contribution in [0.4, 0.5) is 0 Å². The number of nitrogens with zero attached hydrogens (tertiary/aromatic N) is 3. The van der Waals surface area contributed by atoms with Gasteiger partial charge in [0.15, 0.2) is 5.69 Å². The summed E-state index contributed by atoms with van der Waals surface area (Å²) in [7, 11) is 3.39. The highest BCUT2D eigenvalue weighted by molar-refractivity contribution is 5.94. The van der Waals surface area contributed by atoms with Crippen LogP contribution in [0.3, 0.4) is 0 Å². The number of rotatable bonds is 7. The fraction of sp³-hybridized carbons (Fsp3) is 0.292. The van der Waals surface area contributed by atoms with E-state index in [4.69, 9.17) is 4.74 Å². The van der Waals surface area contributed by atoms with E-state index in [1.54, 1.807) is 48.1 Å². The zero-order valence-electron chi connectivity index (χ0n) is 18.5. The van der Waals surface area contributed by atoms with Crippen LogP contribution in [0.2, 0.25) is 0 Å². The lowest BCUT2D eigenvalue weighted by Gasteiger charge is -2.21. The molecule has 0 saturated carbocycles. The summed E-state index contributed by atoms with van der Waals surface area (Å²) in [6.45, 7) is 6.27. The smallest absolute Gasteiger partial charge is 0.272 e. The number of nitrogens with one attached hydrogen (secondary N) is 1. The first-order valence-corrected chi connectivity index (χ1v) is 10.1. The van der Waals surface area contributed by atoms with Crippen LogP contribution in [0.5, 0.6) is 5.75 Å². The number of hydrogen-bond acceptors (Lipinski definition) is 4. The van der Waals surface area contributed by atoms with Crippen molar-refractivity contribution in [1.29, 1.82) is 0 Å². The molecule has 0 unspecified atom stereocenters. The molecule has 0 aliphatic rings. The lowest BCUT2D eigenvalue weighted by Crippen LogP contribution is -2.32. The first-order chi connectivity index (χ1) is 14.8. The van der Waals surface area contributed by atoms with Crippen LogP contribution in [-0.4, -0.2) is 46.7 Å². The van der Waals surface area contributed by atoms with Gasteiger partial charge in [-0.3, -0.25) is 9.59 Å². The van der Waals surface area contributed by atoms with Gasteiger partial charge < -0.3 is 15.0 Å². The van der Waals surface area contributed by atoms with Crippen LogP contribution in [-0.2, 0) is 6.54 Å². The second-order valence-corrected chi connectivity index (χ2v) is 7.71. The zero-order valence-corrected chi connectivity index (χ0v) is 18.5. The first-order valence-electron chi connectivity index (χ1n) is 10.1. The molecule has 0 spiro atoms. The molecule has 0 radical (unpaired) electrons. The summed E-state index contributed by atoms with van der Waals surface area (Å²) in [4.78, 5) is 26.6. The number of carbonyl (C=O) groups excluding carboxylic acids is 2. The topological polar surface area (TPSA) is 76.5 Å². The molecule has 2 amide bonds. The van der Waals surface area contributed by atoms with Crippen LogP contribution in [0.25, 0.3) is 5.69 Å². The average molecular weight is 421 g/mol. The van der Waals surface area contributed by atoms with E-state index >= 15 is 0 Å². The van der Waals surface area contributed by atoms with Gasteiger partial charge in [-0.05, 0) is 62.2 Å². The number of hydrogen-bond donors (Lipinski definition) is 1. The minimum atomic E-state index is -0.273. The molecule has 3 rings (SSSR count). The van der Waals surface area contributed by atoms with Crippen LogP contribution in [0.15, 0.2) is 54.7 Å². The Bertz CT molecular complexity index is 1070. The Hall–Kier alpha value is -3.61. The van der Waals surface area contributed by atoms with Gasteiger partial charge in [0, 0.05) is 31.4 Å². The van der Waals surface area contributed by atoms with Gasteiger partial charge in [-0.25, -0.2) is 4.68 Å². The predicted molar refractivity (Wildman–Crippen MR) is 120 cm³/mol.